The number of carbonyl (C=O) groups is 1. The summed E-state index contributed by atoms with van der Waals surface area (Å²) >= 11 is 0. The second-order valence-electron chi connectivity index (χ2n) is 5.09. The number of carbonyl (C=O) groups excluding carboxylic acids is 1. The van der Waals surface area contributed by atoms with Gasteiger partial charge in [0.25, 0.3) is 11.6 Å². The summed E-state index contributed by atoms with van der Waals surface area (Å²) in [6.07, 6.45) is 1.88. The van der Waals surface area contributed by atoms with Gasteiger partial charge in [0.1, 0.15) is 17.1 Å². The van der Waals surface area contributed by atoms with E-state index in [2.05, 4.69) is 5.32 Å². The molecular formula is C13H16FN3O4. The molecule has 0 radical (unpaired) electrons. The monoisotopic (exact) mass is 297 g/mol. The van der Waals surface area contributed by atoms with Crippen LogP contribution >= 0.6 is 0 Å². The number of hydrogen-bond donors (Lipinski definition) is 3. The van der Waals surface area contributed by atoms with Crippen LogP contribution in [0.25, 0.3) is 0 Å². The summed E-state index contributed by atoms with van der Waals surface area (Å²) in [4.78, 5) is 22.1. The number of hydrogen-bond acceptors (Lipinski definition) is 5. The molecule has 7 nitrogen and oxygen atoms in total. The average molecular weight is 297 g/mol. The summed E-state index contributed by atoms with van der Waals surface area (Å²) in [5, 5.41) is 22.8. The Hall–Kier alpha value is -2.22. The highest BCUT2D eigenvalue weighted by atomic mass is 19.1. The van der Waals surface area contributed by atoms with Crippen molar-refractivity contribution in [2.24, 2.45) is 0 Å². The SMILES string of the molecule is Nc1c([N+](=O)[O-])ccc(F)c1C(=O)NC1CCC(O)CC1. The number of nitrogen functional groups attached to an aromatic ring is 1. The van der Waals surface area contributed by atoms with Gasteiger partial charge in [-0.1, -0.05) is 0 Å². The lowest BCUT2D eigenvalue weighted by atomic mass is 9.93. The topological polar surface area (TPSA) is 118 Å². The largest absolute Gasteiger partial charge is 0.393 e. The van der Waals surface area contributed by atoms with Gasteiger partial charge < -0.3 is 16.2 Å². The predicted octanol–water partition coefficient (Wildman–Crippen LogP) is 1.35. The van der Waals surface area contributed by atoms with Gasteiger partial charge in [-0.2, -0.15) is 0 Å². The molecule has 1 aliphatic carbocycles. The second kappa shape index (κ2) is 6.04. The highest BCUT2D eigenvalue weighted by Gasteiger charge is 2.27. The molecule has 0 atom stereocenters. The smallest absolute Gasteiger partial charge is 0.293 e. The lowest BCUT2D eigenvalue weighted by molar-refractivity contribution is -0.384. The molecule has 1 aliphatic rings. The van der Waals surface area contributed by atoms with E-state index >= 15 is 0 Å². The molecule has 8 heteroatoms. The highest BCUT2D eigenvalue weighted by molar-refractivity contribution is 6.01. The lowest BCUT2D eigenvalue weighted by Crippen LogP contribution is -2.39. The van der Waals surface area contributed by atoms with Crippen LogP contribution < -0.4 is 11.1 Å². The Labute approximate surface area is 120 Å². The van der Waals surface area contributed by atoms with Gasteiger partial charge in [0.05, 0.1) is 11.0 Å². The van der Waals surface area contributed by atoms with Crippen molar-refractivity contribution in [2.75, 3.05) is 5.73 Å². The number of rotatable bonds is 3. The Morgan fingerprint density at radius 2 is 2.00 bits per heavy atom. The van der Waals surface area contributed by atoms with Crippen LogP contribution in [0.4, 0.5) is 15.8 Å². The molecule has 114 valence electrons. The third-order valence-electron chi connectivity index (χ3n) is 3.63. The molecule has 2 rings (SSSR count). The van der Waals surface area contributed by atoms with Crippen molar-refractivity contribution >= 4 is 17.3 Å². The number of nitro groups is 1. The van der Waals surface area contributed by atoms with Crippen molar-refractivity contribution in [1.29, 1.82) is 0 Å². The van der Waals surface area contributed by atoms with Crippen molar-refractivity contribution < 1.29 is 19.2 Å². The zero-order valence-corrected chi connectivity index (χ0v) is 11.2. The molecule has 1 amide bonds. The van der Waals surface area contributed by atoms with Gasteiger partial charge in [-0.05, 0) is 31.7 Å². The van der Waals surface area contributed by atoms with Crippen LogP contribution in [0.5, 0.6) is 0 Å². The summed E-state index contributed by atoms with van der Waals surface area (Å²) in [6.45, 7) is 0. The van der Waals surface area contributed by atoms with E-state index in [0.29, 0.717) is 25.7 Å². The van der Waals surface area contributed by atoms with Crippen molar-refractivity contribution in [3.8, 4) is 0 Å². The van der Waals surface area contributed by atoms with Crippen molar-refractivity contribution in [3.63, 3.8) is 0 Å². The maximum Gasteiger partial charge on any atom is 0.293 e. The summed E-state index contributed by atoms with van der Waals surface area (Å²) in [5.74, 6) is -1.67. The minimum atomic E-state index is -0.897. The quantitative estimate of drug-likeness (QED) is 0.442. The molecule has 1 aromatic carbocycles. The van der Waals surface area contributed by atoms with Gasteiger partial charge in [-0.25, -0.2) is 4.39 Å². The van der Waals surface area contributed by atoms with E-state index in [1.807, 2.05) is 0 Å². The van der Waals surface area contributed by atoms with Gasteiger partial charge in [-0.3, -0.25) is 14.9 Å². The van der Waals surface area contributed by atoms with Crippen LogP contribution in [-0.2, 0) is 0 Å². The molecule has 1 fully saturated rings. The normalized spacial score (nSPS) is 21.8. The van der Waals surface area contributed by atoms with Crippen molar-refractivity contribution in [2.45, 2.75) is 37.8 Å². The van der Waals surface area contributed by atoms with E-state index in [9.17, 15) is 24.4 Å². The number of benzene rings is 1. The third kappa shape index (κ3) is 3.27. The van der Waals surface area contributed by atoms with Crippen LogP contribution in [-0.4, -0.2) is 28.1 Å². The van der Waals surface area contributed by atoms with Gasteiger partial charge in [0, 0.05) is 12.1 Å². The van der Waals surface area contributed by atoms with E-state index in [1.54, 1.807) is 0 Å². The average Bonchev–Trinajstić information content (AvgIpc) is 2.41. The molecule has 0 bridgehead atoms. The fourth-order valence-corrected chi connectivity index (χ4v) is 2.45. The van der Waals surface area contributed by atoms with E-state index in [1.165, 1.54) is 0 Å². The Morgan fingerprint density at radius 3 is 2.57 bits per heavy atom. The van der Waals surface area contributed by atoms with Crippen LogP contribution in [0, 0.1) is 15.9 Å². The molecule has 0 saturated heterocycles. The first-order chi connectivity index (χ1) is 9.90. The number of anilines is 1. The fraction of sp³-hybridized carbons (Fsp3) is 0.462. The Morgan fingerprint density at radius 1 is 1.38 bits per heavy atom. The van der Waals surface area contributed by atoms with Gasteiger partial charge in [0.2, 0.25) is 0 Å². The number of nitrogens with one attached hydrogen (secondary N) is 1. The van der Waals surface area contributed by atoms with Gasteiger partial charge in [0.15, 0.2) is 0 Å². The van der Waals surface area contributed by atoms with E-state index in [-0.39, 0.29) is 12.1 Å². The Bertz CT molecular complexity index is 571. The number of nitrogens with two attached hydrogens (primary N) is 1. The molecule has 1 saturated carbocycles. The predicted molar refractivity (Wildman–Crippen MR) is 73.2 cm³/mol. The maximum atomic E-state index is 13.8. The molecule has 21 heavy (non-hydrogen) atoms. The molecule has 1 aromatic rings. The number of aliphatic hydroxyl groups excluding tert-OH is 1. The summed E-state index contributed by atoms with van der Waals surface area (Å²) < 4.78 is 13.8. The molecule has 0 aromatic heterocycles. The van der Waals surface area contributed by atoms with Crippen LogP contribution in [0.1, 0.15) is 36.0 Å². The third-order valence-corrected chi connectivity index (χ3v) is 3.63. The summed E-state index contributed by atoms with van der Waals surface area (Å²) in [6, 6.07) is 1.59. The standard InChI is InChI=1S/C13H16FN3O4/c14-9-5-6-10(17(20)21)12(15)11(9)13(19)16-7-1-3-8(18)4-2-7/h5-8,18H,1-4,15H2,(H,16,19). The van der Waals surface area contributed by atoms with Gasteiger partial charge >= 0.3 is 0 Å². The minimum Gasteiger partial charge on any atom is -0.393 e. The molecule has 0 unspecified atom stereocenters. The first-order valence-electron chi connectivity index (χ1n) is 6.61. The number of nitro benzene ring substituents is 1. The van der Waals surface area contributed by atoms with Crippen LogP contribution in [0.3, 0.4) is 0 Å². The Balaban J connectivity index is 2.19. The zero-order chi connectivity index (χ0) is 15.6. The number of halogens is 1. The van der Waals surface area contributed by atoms with Crippen molar-refractivity contribution in [3.05, 3.63) is 33.6 Å². The molecule has 0 spiro atoms. The minimum absolute atomic E-state index is 0.195. The van der Waals surface area contributed by atoms with Crippen LogP contribution in [0.15, 0.2) is 12.1 Å². The first kappa shape index (κ1) is 15.2. The fourth-order valence-electron chi connectivity index (χ4n) is 2.45. The van der Waals surface area contributed by atoms with Gasteiger partial charge in [-0.15, -0.1) is 0 Å². The molecule has 0 heterocycles. The lowest BCUT2D eigenvalue weighted by Gasteiger charge is -2.26. The number of aliphatic hydroxyl groups is 1. The molecule has 4 N–H and O–H groups in total. The number of nitrogens with zero attached hydrogens (tertiary/aromatic N) is 1. The van der Waals surface area contributed by atoms with E-state index in [4.69, 9.17) is 5.73 Å². The first-order valence-corrected chi connectivity index (χ1v) is 6.61. The van der Waals surface area contributed by atoms with E-state index in [0.717, 1.165) is 12.1 Å². The Kier molecular flexibility index (Phi) is 4.37. The van der Waals surface area contributed by atoms with Crippen molar-refractivity contribution in [1.82, 2.24) is 5.32 Å². The molecular weight excluding hydrogens is 281 g/mol. The number of amides is 1. The van der Waals surface area contributed by atoms with Crippen LogP contribution in [0.2, 0.25) is 0 Å². The second-order valence-corrected chi connectivity index (χ2v) is 5.09. The zero-order valence-electron chi connectivity index (χ0n) is 11.2. The summed E-state index contributed by atoms with van der Waals surface area (Å²) in [7, 11) is 0. The highest BCUT2D eigenvalue weighted by Crippen LogP contribution is 2.28. The summed E-state index contributed by atoms with van der Waals surface area (Å²) in [5.41, 5.74) is 4.05. The van der Waals surface area contributed by atoms with E-state index < -0.39 is 33.6 Å². The molecule has 0 aliphatic heterocycles. The maximum absolute atomic E-state index is 13.8.